The first-order valence-corrected chi connectivity index (χ1v) is 11.6. The van der Waals surface area contributed by atoms with E-state index in [1.54, 1.807) is 4.90 Å². The minimum absolute atomic E-state index is 0.118. The van der Waals surface area contributed by atoms with Gasteiger partial charge in [-0.15, -0.1) is 0 Å². The number of aromatic nitrogens is 3. The summed E-state index contributed by atoms with van der Waals surface area (Å²) in [6, 6.07) is 17.1. The molecule has 33 heavy (non-hydrogen) atoms. The maximum Gasteiger partial charge on any atom is 0.321 e. The number of hydrogen-bond acceptors (Lipinski definition) is 6. The second-order valence-electron chi connectivity index (χ2n) is 8.14. The molecule has 0 aliphatic carbocycles. The molecule has 0 saturated carbocycles. The molecule has 1 saturated heterocycles. The van der Waals surface area contributed by atoms with Crippen molar-refractivity contribution in [1.29, 1.82) is 0 Å². The van der Waals surface area contributed by atoms with Crippen LogP contribution in [0, 0.1) is 13.8 Å². The predicted molar refractivity (Wildman–Crippen MR) is 131 cm³/mol. The molecule has 5 rings (SSSR count). The van der Waals surface area contributed by atoms with Crippen molar-refractivity contribution in [2.24, 2.45) is 0 Å². The third-order valence-corrected chi connectivity index (χ3v) is 6.74. The Bertz CT molecular complexity index is 1370. The number of nitrogens with one attached hydrogen (secondary N) is 1. The minimum atomic E-state index is -0.203. The third kappa shape index (κ3) is 4.31. The summed E-state index contributed by atoms with van der Waals surface area (Å²) in [5.41, 5.74) is 3.83. The van der Waals surface area contributed by atoms with Crippen molar-refractivity contribution in [1.82, 2.24) is 19.5 Å². The summed E-state index contributed by atoms with van der Waals surface area (Å²) < 4.78 is 1.36. The summed E-state index contributed by atoms with van der Waals surface area (Å²) in [6.45, 7) is 6.35. The summed E-state index contributed by atoms with van der Waals surface area (Å²) >= 11 is 1.40. The number of fused-ring (bicyclic) bond motifs is 1. The standard InChI is InChI=1S/C24H24N6O2S/c1-16-7-9-18(10-8-16)25-23(32)29-13-11-28(12-14-29)20-15-21(31)30-24(26-20)33-22(27-30)19-6-4-3-5-17(19)2/h3-10,15H,11-14H2,1-2H3,(H,25,32). The second kappa shape index (κ2) is 8.67. The molecule has 0 radical (unpaired) electrons. The van der Waals surface area contributed by atoms with Gasteiger partial charge in [0.15, 0.2) is 0 Å². The first-order chi connectivity index (χ1) is 16.0. The molecule has 0 spiro atoms. The number of amides is 2. The van der Waals surface area contributed by atoms with Crippen molar-refractivity contribution in [2.45, 2.75) is 13.8 Å². The van der Waals surface area contributed by atoms with Crippen LogP contribution in [0.2, 0.25) is 0 Å². The van der Waals surface area contributed by atoms with E-state index in [-0.39, 0.29) is 11.6 Å². The van der Waals surface area contributed by atoms with Crippen molar-refractivity contribution in [2.75, 3.05) is 36.4 Å². The molecule has 0 unspecified atom stereocenters. The van der Waals surface area contributed by atoms with Gasteiger partial charge in [-0.25, -0.2) is 9.78 Å². The van der Waals surface area contributed by atoms with Crippen molar-refractivity contribution in [3.8, 4) is 10.6 Å². The highest BCUT2D eigenvalue weighted by atomic mass is 32.1. The van der Waals surface area contributed by atoms with Crippen molar-refractivity contribution in [3.63, 3.8) is 0 Å². The number of anilines is 2. The molecule has 3 heterocycles. The third-order valence-electron chi connectivity index (χ3n) is 5.80. The first-order valence-electron chi connectivity index (χ1n) is 10.8. The van der Waals surface area contributed by atoms with Crippen molar-refractivity contribution >= 4 is 33.8 Å². The molecule has 1 fully saturated rings. The van der Waals surface area contributed by atoms with Crippen molar-refractivity contribution in [3.05, 3.63) is 76.1 Å². The molecule has 9 heteroatoms. The fourth-order valence-corrected chi connectivity index (χ4v) is 4.85. The highest BCUT2D eigenvalue weighted by Crippen LogP contribution is 2.27. The zero-order chi connectivity index (χ0) is 22.9. The van der Waals surface area contributed by atoms with Crippen LogP contribution in [0.15, 0.2) is 59.4 Å². The van der Waals surface area contributed by atoms with Gasteiger partial charge in [-0.3, -0.25) is 4.79 Å². The molecule has 0 bridgehead atoms. The lowest BCUT2D eigenvalue weighted by atomic mass is 10.1. The van der Waals surface area contributed by atoms with Crippen LogP contribution in [0.1, 0.15) is 11.1 Å². The topological polar surface area (TPSA) is 82.8 Å². The molecule has 1 N–H and O–H groups in total. The number of urea groups is 1. The number of nitrogens with zero attached hydrogens (tertiary/aromatic N) is 5. The van der Waals surface area contributed by atoms with Crippen LogP contribution < -0.4 is 15.8 Å². The largest absolute Gasteiger partial charge is 0.353 e. The van der Waals surface area contributed by atoms with Gasteiger partial charge in [0.2, 0.25) is 4.96 Å². The Morgan fingerprint density at radius 3 is 2.45 bits per heavy atom. The molecule has 168 valence electrons. The van der Waals surface area contributed by atoms with E-state index in [4.69, 9.17) is 4.98 Å². The normalized spacial score (nSPS) is 14.0. The van der Waals surface area contributed by atoms with Crippen LogP contribution in [0.4, 0.5) is 16.3 Å². The molecular weight excluding hydrogens is 436 g/mol. The monoisotopic (exact) mass is 460 g/mol. The summed E-state index contributed by atoms with van der Waals surface area (Å²) in [5.74, 6) is 0.624. The Hall–Kier alpha value is -3.72. The van der Waals surface area contributed by atoms with E-state index in [9.17, 15) is 9.59 Å². The summed E-state index contributed by atoms with van der Waals surface area (Å²) in [6.07, 6.45) is 0. The van der Waals surface area contributed by atoms with Gasteiger partial charge in [0.25, 0.3) is 5.56 Å². The average molecular weight is 461 g/mol. The summed E-state index contributed by atoms with van der Waals surface area (Å²) in [5, 5.41) is 8.20. The molecule has 4 aromatic rings. The van der Waals surface area contributed by atoms with Crippen LogP contribution in [0.3, 0.4) is 0 Å². The Morgan fingerprint density at radius 2 is 1.73 bits per heavy atom. The first kappa shape index (κ1) is 21.1. The van der Waals surface area contributed by atoms with Gasteiger partial charge in [-0.1, -0.05) is 53.3 Å². The number of aryl methyl sites for hydroxylation is 2. The van der Waals surface area contributed by atoms with E-state index in [1.807, 2.05) is 67.3 Å². The number of rotatable bonds is 3. The quantitative estimate of drug-likeness (QED) is 0.503. The van der Waals surface area contributed by atoms with E-state index < -0.39 is 0 Å². The lowest BCUT2D eigenvalue weighted by Gasteiger charge is -2.35. The van der Waals surface area contributed by atoms with E-state index >= 15 is 0 Å². The maximum atomic E-state index is 12.7. The molecule has 2 aromatic heterocycles. The summed E-state index contributed by atoms with van der Waals surface area (Å²) in [4.78, 5) is 34.4. The molecule has 8 nitrogen and oxygen atoms in total. The minimum Gasteiger partial charge on any atom is -0.353 e. The van der Waals surface area contributed by atoms with Crippen LogP contribution >= 0.6 is 11.3 Å². The van der Waals surface area contributed by atoms with Gasteiger partial charge in [0.05, 0.1) is 0 Å². The zero-order valence-electron chi connectivity index (χ0n) is 18.5. The smallest absolute Gasteiger partial charge is 0.321 e. The molecular formula is C24H24N6O2S. The highest BCUT2D eigenvalue weighted by molar-refractivity contribution is 7.19. The van der Waals surface area contributed by atoms with E-state index in [2.05, 4.69) is 10.4 Å². The number of carbonyl (C=O) groups is 1. The van der Waals surface area contributed by atoms with Crippen molar-refractivity contribution < 1.29 is 4.79 Å². The Kier molecular flexibility index (Phi) is 5.55. The zero-order valence-corrected chi connectivity index (χ0v) is 19.3. The van der Waals surface area contributed by atoms with E-state index in [1.165, 1.54) is 21.9 Å². The number of carbonyl (C=O) groups excluding carboxylic acids is 1. The summed E-state index contributed by atoms with van der Waals surface area (Å²) in [7, 11) is 0. The van der Waals surface area contributed by atoms with Gasteiger partial charge < -0.3 is 15.1 Å². The maximum absolute atomic E-state index is 12.7. The molecule has 2 aromatic carbocycles. The molecule has 2 amide bonds. The van der Waals surface area contributed by atoms with Crippen LogP contribution in [0.5, 0.6) is 0 Å². The second-order valence-corrected chi connectivity index (χ2v) is 9.10. The lowest BCUT2D eigenvalue weighted by molar-refractivity contribution is 0.208. The Labute approximate surface area is 195 Å². The lowest BCUT2D eigenvalue weighted by Crippen LogP contribution is -2.50. The van der Waals surface area contributed by atoms with Gasteiger partial charge in [-0.2, -0.15) is 9.61 Å². The average Bonchev–Trinajstić information content (AvgIpc) is 3.25. The molecule has 1 aliphatic rings. The van der Waals surface area contributed by atoms with Gasteiger partial charge >= 0.3 is 6.03 Å². The molecule has 1 aliphatic heterocycles. The Balaban J connectivity index is 1.30. The molecule has 0 atom stereocenters. The number of hydrogen-bond donors (Lipinski definition) is 1. The predicted octanol–water partition coefficient (Wildman–Crippen LogP) is 3.79. The SMILES string of the molecule is Cc1ccc(NC(=O)N2CCN(c3cc(=O)n4nc(-c5ccccc5C)sc4n3)CC2)cc1. The number of benzene rings is 2. The van der Waals surface area contributed by atoms with E-state index in [0.29, 0.717) is 37.0 Å². The van der Waals surface area contributed by atoms with Gasteiger partial charge in [-0.05, 0) is 31.5 Å². The van der Waals surface area contributed by atoms with Crippen LogP contribution in [-0.2, 0) is 0 Å². The van der Waals surface area contributed by atoms with E-state index in [0.717, 1.165) is 27.4 Å². The van der Waals surface area contributed by atoms with Crippen LogP contribution in [-0.4, -0.2) is 51.7 Å². The fraction of sp³-hybridized carbons (Fsp3) is 0.250. The van der Waals surface area contributed by atoms with Gasteiger partial charge in [0.1, 0.15) is 10.8 Å². The number of piperazine rings is 1. The fourth-order valence-electron chi connectivity index (χ4n) is 3.86. The Morgan fingerprint density at radius 1 is 1.00 bits per heavy atom. The van der Waals surface area contributed by atoms with Gasteiger partial charge in [0, 0.05) is 43.5 Å². The van der Waals surface area contributed by atoms with Crippen LogP contribution in [0.25, 0.3) is 15.5 Å². The highest BCUT2D eigenvalue weighted by Gasteiger charge is 2.23.